The van der Waals surface area contributed by atoms with Gasteiger partial charge in [-0.25, -0.2) is 9.37 Å². The van der Waals surface area contributed by atoms with E-state index in [9.17, 15) is 9.50 Å². The molecule has 214 valence electrons. The minimum atomic E-state index is -0.487. The molecule has 2 aromatic heterocycles. The van der Waals surface area contributed by atoms with Crippen LogP contribution in [0.3, 0.4) is 0 Å². The summed E-state index contributed by atoms with van der Waals surface area (Å²) < 4.78 is 21.2. The number of nitrogens with zero attached hydrogens (tertiary/aromatic N) is 5. The summed E-state index contributed by atoms with van der Waals surface area (Å²) in [5, 5.41) is 16.3. The molecular weight excluding hydrogens is 531 g/mol. The fourth-order valence-corrected chi connectivity index (χ4v) is 7.83. The van der Waals surface area contributed by atoms with E-state index in [1.807, 2.05) is 12.1 Å². The number of nitrogens with one attached hydrogen (secondary N) is 1. The highest BCUT2D eigenvalue weighted by Gasteiger charge is 2.45. The molecule has 6 heterocycles. The largest absolute Gasteiger partial charge is 0.508 e. The van der Waals surface area contributed by atoms with E-state index in [1.54, 1.807) is 18.2 Å². The number of piperazine rings is 1. The number of aromatic nitrogens is 3. The molecule has 4 saturated heterocycles. The Morgan fingerprint density at radius 1 is 1.05 bits per heavy atom. The van der Waals surface area contributed by atoms with Crippen LogP contribution in [-0.2, 0) is 0 Å². The number of aromatic hydroxyl groups is 1. The van der Waals surface area contributed by atoms with Gasteiger partial charge in [0.05, 0.1) is 22.2 Å². The normalized spacial score (nSPS) is 23.0. The molecule has 2 atom stereocenters. The highest BCUT2D eigenvalue weighted by molar-refractivity contribution is 6.02. The van der Waals surface area contributed by atoms with Gasteiger partial charge in [-0.05, 0) is 87.3 Å². The Balaban J connectivity index is 1.25. The van der Waals surface area contributed by atoms with Crippen LogP contribution < -0.4 is 15.0 Å². The van der Waals surface area contributed by atoms with Crippen LogP contribution in [0.25, 0.3) is 33.1 Å². The van der Waals surface area contributed by atoms with Crippen molar-refractivity contribution in [1.82, 2.24) is 25.2 Å². The van der Waals surface area contributed by atoms with Crippen molar-refractivity contribution < 1.29 is 14.2 Å². The predicted molar refractivity (Wildman–Crippen MR) is 160 cm³/mol. The van der Waals surface area contributed by atoms with Crippen LogP contribution in [0.4, 0.5) is 10.2 Å². The number of phenolic OH excluding ortho intramolecular Hbond substituents is 1. The lowest BCUT2D eigenvalue weighted by molar-refractivity contribution is 0.108. The number of benzene rings is 2. The fraction of sp³-hybridized carbons (Fsp3) is 0.424. The van der Waals surface area contributed by atoms with E-state index in [2.05, 4.69) is 21.0 Å². The summed E-state index contributed by atoms with van der Waals surface area (Å²) in [5.74, 6) is 2.89. The van der Waals surface area contributed by atoms with E-state index in [1.165, 1.54) is 18.9 Å². The number of phenols is 1. The van der Waals surface area contributed by atoms with Gasteiger partial charge in [-0.2, -0.15) is 9.97 Å². The number of anilines is 1. The standard InChI is InChI=1S/C33H33FN6O2/c1-2-24-27(34)9-5-20-15-23(41)16-26(29(20)24)28-10-8-25-30(36-28)37-32(42-19-33-11-3-13-40(33)14-4-12-33)38-31(25)39-17-21-6-7-22(18-39)35-21/h1,5,8-10,15-16,21-22,35,41H,3-4,6-7,11-14,17-19H2. The monoisotopic (exact) mass is 564 g/mol. The van der Waals surface area contributed by atoms with Gasteiger partial charge >= 0.3 is 6.01 Å². The van der Waals surface area contributed by atoms with E-state index >= 15 is 0 Å². The van der Waals surface area contributed by atoms with Crippen molar-refractivity contribution in [2.45, 2.75) is 56.1 Å². The molecule has 4 fully saturated rings. The Kier molecular flexibility index (Phi) is 5.99. The number of pyridine rings is 1. The second kappa shape index (κ2) is 9.79. The molecule has 4 aliphatic rings. The van der Waals surface area contributed by atoms with E-state index in [0.29, 0.717) is 52.4 Å². The van der Waals surface area contributed by atoms with E-state index in [4.69, 9.17) is 26.1 Å². The molecule has 0 spiro atoms. The third kappa shape index (κ3) is 4.16. The molecule has 0 amide bonds. The summed E-state index contributed by atoms with van der Waals surface area (Å²) in [5.41, 5.74) is 1.80. The average Bonchev–Trinajstić information content (AvgIpc) is 3.68. The van der Waals surface area contributed by atoms with Crippen molar-refractivity contribution in [2.24, 2.45) is 0 Å². The number of hydrogen-bond acceptors (Lipinski definition) is 8. The smallest absolute Gasteiger partial charge is 0.320 e. The topological polar surface area (TPSA) is 86.6 Å². The molecule has 2 N–H and O–H groups in total. The third-order valence-electron chi connectivity index (χ3n) is 9.79. The second-order valence-corrected chi connectivity index (χ2v) is 12.3. The van der Waals surface area contributed by atoms with Crippen LogP contribution in [0.1, 0.15) is 44.1 Å². The number of hydrogen-bond donors (Lipinski definition) is 2. The number of rotatable bonds is 5. The summed E-state index contributed by atoms with van der Waals surface area (Å²) in [6.45, 7) is 4.54. The van der Waals surface area contributed by atoms with Crippen molar-refractivity contribution in [3.8, 4) is 35.4 Å². The van der Waals surface area contributed by atoms with Crippen molar-refractivity contribution in [3.63, 3.8) is 0 Å². The maximum absolute atomic E-state index is 14.8. The Hall–Kier alpha value is -4.00. The number of fused-ring (bicyclic) bond motifs is 5. The molecule has 0 radical (unpaired) electrons. The molecule has 8 rings (SSSR count). The first-order valence-electron chi connectivity index (χ1n) is 15.0. The molecule has 2 bridgehead atoms. The minimum absolute atomic E-state index is 0.0506. The quantitative estimate of drug-likeness (QED) is 0.340. The zero-order chi connectivity index (χ0) is 28.4. The first kappa shape index (κ1) is 25.7. The Morgan fingerprint density at radius 2 is 1.83 bits per heavy atom. The Bertz CT molecular complexity index is 1750. The van der Waals surface area contributed by atoms with Gasteiger partial charge < -0.3 is 20.1 Å². The zero-order valence-corrected chi connectivity index (χ0v) is 23.4. The van der Waals surface area contributed by atoms with Crippen molar-refractivity contribution in [3.05, 3.63) is 47.8 Å². The lowest BCUT2D eigenvalue weighted by atomic mass is 9.95. The maximum atomic E-state index is 14.8. The first-order valence-corrected chi connectivity index (χ1v) is 15.0. The van der Waals surface area contributed by atoms with Crippen LogP contribution >= 0.6 is 0 Å². The molecule has 42 heavy (non-hydrogen) atoms. The molecule has 8 nitrogen and oxygen atoms in total. The van der Waals surface area contributed by atoms with Gasteiger partial charge in [0.2, 0.25) is 0 Å². The van der Waals surface area contributed by atoms with Crippen LogP contribution in [0.15, 0.2) is 36.4 Å². The third-order valence-corrected chi connectivity index (χ3v) is 9.79. The number of terminal acetylenes is 1. The minimum Gasteiger partial charge on any atom is -0.508 e. The Morgan fingerprint density at radius 3 is 2.60 bits per heavy atom. The van der Waals surface area contributed by atoms with E-state index in [-0.39, 0.29) is 16.9 Å². The molecule has 9 heteroatoms. The van der Waals surface area contributed by atoms with Crippen LogP contribution in [0, 0.1) is 18.2 Å². The molecule has 0 aliphatic carbocycles. The fourth-order valence-electron chi connectivity index (χ4n) is 7.83. The van der Waals surface area contributed by atoms with Gasteiger partial charge in [-0.3, -0.25) is 4.90 Å². The summed E-state index contributed by atoms with van der Waals surface area (Å²) in [4.78, 5) is 19.7. The van der Waals surface area contributed by atoms with Gasteiger partial charge in [-0.15, -0.1) is 6.42 Å². The van der Waals surface area contributed by atoms with Crippen LogP contribution in [0.5, 0.6) is 11.8 Å². The van der Waals surface area contributed by atoms with Gasteiger partial charge in [-0.1, -0.05) is 12.0 Å². The molecule has 4 aliphatic heterocycles. The zero-order valence-electron chi connectivity index (χ0n) is 23.4. The lowest BCUT2D eigenvalue weighted by Crippen LogP contribution is -2.51. The van der Waals surface area contributed by atoms with Gasteiger partial charge in [0, 0.05) is 36.1 Å². The average molecular weight is 565 g/mol. The van der Waals surface area contributed by atoms with E-state index < -0.39 is 5.82 Å². The number of halogens is 1. The van der Waals surface area contributed by atoms with Crippen LogP contribution in [0.2, 0.25) is 0 Å². The van der Waals surface area contributed by atoms with Crippen molar-refractivity contribution in [1.29, 1.82) is 0 Å². The molecule has 2 unspecified atom stereocenters. The van der Waals surface area contributed by atoms with Crippen LogP contribution in [-0.4, -0.2) is 75.4 Å². The maximum Gasteiger partial charge on any atom is 0.320 e. The SMILES string of the molecule is C#Cc1c(F)ccc2cc(O)cc(-c3ccc4c(N5CC6CCC(C5)N6)nc(OCC56CCCN5CCC6)nc4n3)c12. The molecule has 2 aromatic carbocycles. The van der Waals surface area contributed by atoms with Gasteiger partial charge in [0.1, 0.15) is 24.0 Å². The molecule has 4 aromatic rings. The second-order valence-electron chi connectivity index (χ2n) is 12.3. The summed E-state index contributed by atoms with van der Waals surface area (Å²) >= 11 is 0. The van der Waals surface area contributed by atoms with E-state index in [0.717, 1.165) is 63.1 Å². The Labute approximate surface area is 243 Å². The van der Waals surface area contributed by atoms with Gasteiger partial charge in [0.15, 0.2) is 5.65 Å². The molecular formula is C33H33FN6O2. The highest BCUT2D eigenvalue weighted by Crippen LogP contribution is 2.40. The summed E-state index contributed by atoms with van der Waals surface area (Å²) in [6, 6.07) is 11.2. The van der Waals surface area contributed by atoms with Crippen molar-refractivity contribution in [2.75, 3.05) is 37.7 Å². The van der Waals surface area contributed by atoms with Crippen molar-refractivity contribution >= 4 is 27.6 Å². The number of ether oxygens (including phenoxy) is 1. The highest BCUT2D eigenvalue weighted by atomic mass is 19.1. The molecule has 0 saturated carbocycles. The predicted octanol–water partition coefficient (Wildman–Crippen LogP) is 4.62. The first-order chi connectivity index (χ1) is 20.5. The summed E-state index contributed by atoms with van der Waals surface area (Å²) in [7, 11) is 0. The lowest BCUT2D eigenvalue weighted by Gasteiger charge is -2.34. The summed E-state index contributed by atoms with van der Waals surface area (Å²) in [6.07, 6.45) is 12.7. The van der Waals surface area contributed by atoms with Gasteiger partial charge in [0.25, 0.3) is 0 Å².